The number of hydrogen-bond donors (Lipinski definition) is 1. The molecular formula is C18H23ClN2O3S2. The van der Waals surface area contributed by atoms with Gasteiger partial charge in [-0.1, -0.05) is 18.2 Å². The predicted molar refractivity (Wildman–Crippen MR) is 106 cm³/mol. The normalized spacial score (nSPS) is 17.6. The minimum atomic E-state index is -3.56. The summed E-state index contributed by atoms with van der Waals surface area (Å²) in [6.45, 7) is 2.35. The first-order valence-electron chi connectivity index (χ1n) is 8.36. The van der Waals surface area contributed by atoms with Gasteiger partial charge in [0.15, 0.2) is 0 Å². The summed E-state index contributed by atoms with van der Waals surface area (Å²) in [6, 6.07) is 11.5. The van der Waals surface area contributed by atoms with Crippen LogP contribution in [0, 0.1) is 5.92 Å². The van der Waals surface area contributed by atoms with Crippen LogP contribution < -0.4 is 5.32 Å². The van der Waals surface area contributed by atoms with E-state index in [0.717, 1.165) is 43.8 Å². The molecule has 1 saturated heterocycles. The van der Waals surface area contributed by atoms with Crippen LogP contribution in [0.5, 0.6) is 0 Å². The van der Waals surface area contributed by atoms with Gasteiger partial charge in [0, 0.05) is 13.1 Å². The second-order valence-electron chi connectivity index (χ2n) is 6.25. The lowest BCUT2D eigenvalue weighted by atomic mass is 9.98. The Bertz CT molecular complexity index is 835. The number of rotatable bonds is 5. The predicted octanol–water partition coefficient (Wildman–Crippen LogP) is 3.07. The van der Waals surface area contributed by atoms with Gasteiger partial charge >= 0.3 is 0 Å². The molecule has 1 aromatic carbocycles. The molecule has 1 fully saturated rings. The smallest absolute Gasteiger partial charge is 0.263 e. The van der Waals surface area contributed by atoms with Crippen LogP contribution in [0.15, 0.2) is 51.6 Å². The molecule has 0 saturated carbocycles. The fraction of sp³-hybridized carbons (Fsp3) is 0.389. The zero-order valence-electron chi connectivity index (χ0n) is 14.6. The van der Waals surface area contributed by atoms with E-state index in [0.29, 0.717) is 10.8 Å². The quantitative estimate of drug-likeness (QED) is 0.816. The number of benzene rings is 1. The number of amides is 1. The summed E-state index contributed by atoms with van der Waals surface area (Å²) in [7, 11) is -1.65. The molecule has 2 aromatic rings. The van der Waals surface area contributed by atoms with Crippen molar-refractivity contribution >= 4 is 39.5 Å². The molecule has 1 amide bonds. The Morgan fingerprint density at radius 3 is 2.65 bits per heavy atom. The van der Waals surface area contributed by atoms with Crippen molar-refractivity contribution in [2.24, 2.45) is 5.92 Å². The average molecular weight is 415 g/mol. The Kier molecular flexibility index (Phi) is 7.23. The molecule has 5 nitrogen and oxygen atoms in total. The number of sulfone groups is 1. The zero-order chi connectivity index (χ0) is 17.9. The van der Waals surface area contributed by atoms with Crippen molar-refractivity contribution in [2.45, 2.75) is 21.9 Å². The first kappa shape index (κ1) is 20.9. The van der Waals surface area contributed by atoms with Crippen molar-refractivity contribution in [1.82, 2.24) is 10.2 Å². The Hall–Kier alpha value is -1.41. The molecule has 0 spiro atoms. The molecule has 1 unspecified atom stereocenters. The molecular weight excluding hydrogens is 392 g/mol. The molecule has 26 heavy (non-hydrogen) atoms. The number of likely N-dealkylation sites (tertiary alicyclic amines) is 1. The molecule has 1 N–H and O–H groups in total. The van der Waals surface area contributed by atoms with Crippen molar-refractivity contribution in [3.8, 4) is 0 Å². The van der Waals surface area contributed by atoms with E-state index in [9.17, 15) is 13.2 Å². The summed E-state index contributed by atoms with van der Waals surface area (Å²) in [5.41, 5.74) is 0. The van der Waals surface area contributed by atoms with Gasteiger partial charge in [0.1, 0.15) is 4.21 Å². The fourth-order valence-electron chi connectivity index (χ4n) is 3.16. The number of hydrogen-bond acceptors (Lipinski definition) is 5. The van der Waals surface area contributed by atoms with Gasteiger partial charge in [-0.25, -0.2) is 8.42 Å². The highest BCUT2D eigenvalue weighted by molar-refractivity contribution is 7.93. The summed E-state index contributed by atoms with van der Waals surface area (Å²) in [4.78, 5) is 15.3. The van der Waals surface area contributed by atoms with Gasteiger partial charge in [0.05, 0.1) is 9.77 Å². The number of nitrogens with zero attached hydrogens (tertiary/aromatic N) is 1. The van der Waals surface area contributed by atoms with E-state index >= 15 is 0 Å². The Morgan fingerprint density at radius 1 is 1.23 bits per heavy atom. The Morgan fingerprint density at radius 2 is 1.96 bits per heavy atom. The summed E-state index contributed by atoms with van der Waals surface area (Å²) in [5.74, 6) is 0.385. The topological polar surface area (TPSA) is 66.5 Å². The van der Waals surface area contributed by atoms with Crippen LogP contribution >= 0.6 is 23.7 Å². The Balaban J connectivity index is 0.00000243. The van der Waals surface area contributed by atoms with E-state index in [1.165, 1.54) is 6.07 Å². The van der Waals surface area contributed by atoms with Gasteiger partial charge in [-0.3, -0.25) is 4.79 Å². The first-order valence-corrected chi connectivity index (χ1v) is 10.7. The largest absolute Gasteiger partial charge is 0.338 e. The van der Waals surface area contributed by atoms with Gasteiger partial charge < -0.3 is 10.2 Å². The van der Waals surface area contributed by atoms with Crippen molar-refractivity contribution in [2.75, 3.05) is 26.7 Å². The van der Waals surface area contributed by atoms with E-state index in [1.807, 2.05) is 11.9 Å². The van der Waals surface area contributed by atoms with Gasteiger partial charge in [-0.2, -0.15) is 0 Å². The van der Waals surface area contributed by atoms with Crippen molar-refractivity contribution in [3.63, 3.8) is 0 Å². The third-order valence-corrected chi connectivity index (χ3v) is 7.74. The first-order chi connectivity index (χ1) is 12.0. The van der Waals surface area contributed by atoms with Crippen LogP contribution in [0.2, 0.25) is 0 Å². The van der Waals surface area contributed by atoms with E-state index < -0.39 is 9.84 Å². The second-order valence-corrected chi connectivity index (χ2v) is 9.51. The maximum atomic E-state index is 12.7. The summed E-state index contributed by atoms with van der Waals surface area (Å²) in [5, 5.41) is 3.16. The number of thiophene rings is 1. The van der Waals surface area contributed by atoms with Crippen LogP contribution in [0.25, 0.3) is 0 Å². The third kappa shape index (κ3) is 4.46. The number of carbonyl (C=O) groups excluding carboxylic acids is 1. The summed E-state index contributed by atoms with van der Waals surface area (Å²) >= 11 is 1.06. The SMILES string of the molecule is CNCC1CCCN(C(=O)c2ccc(S(=O)(=O)c3ccccc3)s2)C1.Cl. The van der Waals surface area contributed by atoms with Crippen LogP contribution in [0.3, 0.4) is 0 Å². The molecule has 8 heteroatoms. The third-order valence-electron chi connectivity index (χ3n) is 4.41. The molecule has 0 radical (unpaired) electrons. The van der Waals surface area contributed by atoms with Crippen molar-refractivity contribution in [3.05, 3.63) is 47.3 Å². The van der Waals surface area contributed by atoms with Crippen molar-refractivity contribution in [1.29, 1.82) is 0 Å². The molecule has 2 heterocycles. The molecule has 1 aromatic heterocycles. The van der Waals surface area contributed by atoms with E-state index in [-0.39, 0.29) is 27.4 Å². The second kappa shape index (κ2) is 8.99. The summed E-state index contributed by atoms with van der Waals surface area (Å²) < 4.78 is 25.5. The van der Waals surface area contributed by atoms with Gasteiger partial charge in [-0.15, -0.1) is 23.7 Å². The maximum absolute atomic E-state index is 12.7. The van der Waals surface area contributed by atoms with Crippen LogP contribution in [-0.4, -0.2) is 45.9 Å². The van der Waals surface area contributed by atoms with E-state index in [2.05, 4.69) is 5.32 Å². The lowest BCUT2D eigenvalue weighted by Crippen LogP contribution is -2.42. The highest BCUT2D eigenvalue weighted by atomic mass is 35.5. The fourth-order valence-corrected chi connectivity index (χ4v) is 5.85. The molecule has 1 aliphatic rings. The lowest BCUT2D eigenvalue weighted by Gasteiger charge is -2.32. The monoisotopic (exact) mass is 414 g/mol. The van der Waals surface area contributed by atoms with Gasteiger partial charge in [0.25, 0.3) is 5.91 Å². The van der Waals surface area contributed by atoms with Crippen molar-refractivity contribution < 1.29 is 13.2 Å². The minimum Gasteiger partial charge on any atom is -0.338 e. The highest BCUT2D eigenvalue weighted by Gasteiger charge is 2.27. The molecule has 0 bridgehead atoms. The molecule has 3 rings (SSSR count). The molecule has 1 aliphatic heterocycles. The lowest BCUT2D eigenvalue weighted by molar-refractivity contribution is 0.0679. The molecule has 1 atom stereocenters. The number of halogens is 1. The van der Waals surface area contributed by atoms with E-state index in [4.69, 9.17) is 0 Å². The molecule has 0 aliphatic carbocycles. The average Bonchev–Trinajstić information content (AvgIpc) is 3.13. The standard InChI is InChI=1S/C18H22N2O3S2.ClH/c1-19-12-14-6-5-11-20(13-14)18(21)16-9-10-17(24-16)25(22,23)15-7-3-2-4-8-15;/h2-4,7-10,14,19H,5-6,11-13H2,1H3;1H. The van der Waals surface area contributed by atoms with Crippen LogP contribution in [0.1, 0.15) is 22.5 Å². The van der Waals surface area contributed by atoms with Crippen LogP contribution in [-0.2, 0) is 9.84 Å². The highest BCUT2D eigenvalue weighted by Crippen LogP contribution is 2.29. The number of carbonyl (C=O) groups is 1. The van der Waals surface area contributed by atoms with Crippen LogP contribution in [0.4, 0.5) is 0 Å². The van der Waals surface area contributed by atoms with Gasteiger partial charge in [0.2, 0.25) is 9.84 Å². The zero-order valence-corrected chi connectivity index (χ0v) is 17.0. The van der Waals surface area contributed by atoms with Gasteiger partial charge in [-0.05, 0) is 56.6 Å². The maximum Gasteiger partial charge on any atom is 0.263 e. The molecule has 142 valence electrons. The summed E-state index contributed by atoms with van der Waals surface area (Å²) in [6.07, 6.45) is 2.10. The van der Waals surface area contributed by atoms with E-state index in [1.54, 1.807) is 36.4 Å². The number of nitrogens with one attached hydrogen (secondary N) is 1. The Labute approximate surface area is 164 Å². The minimum absolute atomic E-state index is 0. The number of piperidine rings is 1.